The van der Waals surface area contributed by atoms with E-state index >= 15 is 0 Å². The molecule has 11 nitrogen and oxygen atoms in total. The summed E-state index contributed by atoms with van der Waals surface area (Å²) in [7, 11) is 0. The number of carbonyl (C=O) groups is 5. The Hall–Kier alpha value is -4.41. The van der Waals surface area contributed by atoms with Crippen LogP contribution in [0.4, 0.5) is 14.4 Å². The highest BCUT2D eigenvalue weighted by atomic mass is 16.7. The second-order valence-corrected chi connectivity index (χ2v) is 9.35. The fraction of sp³-hybridized carbons (Fsp3) is 0.433. The second kappa shape index (κ2) is 14.8. The van der Waals surface area contributed by atoms with E-state index < -0.39 is 30.0 Å². The molecule has 11 heteroatoms. The highest BCUT2D eigenvalue weighted by Crippen LogP contribution is 2.40. The van der Waals surface area contributed by atoms with Crippen molar-refractivity contribution < 1.29 is 52.4 Å². The molecular weight excluding hydrogens is 536 g/mol. The van der Waals surface area contributed by atoms with E-state index in [0.29, 0.717) is 24.8 Å². The maximum atomic E-state index is 13.8. The van der Waals surface area contributed by atoms with Gasteiger partial charge in [0, 0.05) is 17.2 Å². The summed E-state index contributed by atoms with van der Waals surface area (Å²) in [4.78, 5) is 64.5. The maximum Gasteiger partial charge on any atom is 0.513 e. The summed E-state index contributed by atoms with van der Waals surface area (Å²) < 4.78 is 31.0. The van der Waals surface area contributed by atoms with Crippen LogP contribution in [0.1, 0.15) is 96.7 Å². The van der Waals surface area contributed by atoms with Gasteiger partial charge in [-0.15, -0.1) is 0 Å². The highest BCUT2D eigenvalue weighted by Gasteiger charge is 2.37. The van der Waals surface area contributed by atoms with E-state index in [1.807, 2.05) is 20.8 Å². The van der Waals surface area contributed by atoms with E-state index in [2.05, 4.69) is 0 Å². The molecule has 0 saturated heterocycles. The first-order chi connectivity index (χ1) is 19.7. The molecule has 0 aliphatic heterocycles. The van der Waals surface area contributed by atoms with Gasteiger partial charge in [0.1, 0.15) is 17.2 Å². The number of hydrogen-bond donors (Lipinski definition) is 0. The minimum Gasteiger partial charge on any atom is -0.434 e. The van der Waals surface area contributed by atoms with Crippen LogP contribution in [0.25, 0.3) is 0 Å². The Morgan fingerprint density at radius 1 is 0.585 bits per heavy atom. The zero-order chi connectivity index (χ0) is 29.9. The summed E-state index contributed by atoms with van der Waals surface area (Å²) in [6.07, 6.45) is 1.00. The number of carbonyl (C=O) groups excluding carboxylic acids is 5. The zero-order valence-electron chi connectivity index (χ0n) is 23.7. The summed E-state index contributed by atoms with van der Waals surface area (Å²) >= 11 is 0. The Labute approximate surface area is 238 Å². The van der Waals surface area contributed by atoms with Crippen LogP contribution in [0.5, 0.6) is 17.2 Å². The Morgan fingerprint density at radius 3 is 1.51 bits per heavy atom. The van der Waals surface area contributed by atoms with Crippen molar-refractivity contribution in [3.05, 3.63) is 52.1 Å². The third kappa shape index (κ3) is 8.06. The molecule has 0 N–H and O–H groups in total. The van der Waals surface area contributed by atoms with Crippen LogP contribution in [0.15, 0.2) is 24.3 Å². The first-order valence-electron chi connectivity index (χ1n) is 13.7. The number of unbranched alkanes of at least 4 members (excludes halogenated alkanes) is 3. The first kappa shape index (κ1) is 31.1. The number of fused-ring (bicyclic) bond motifs is 2. The SMILES string of the molecule is CCCCOC(=O)Oc1cc(OC(=O)OCCCC)c2c(c1)C(=O)c1cc(C)cc(OC(=O)OCCCC)c1C2=O. The van der Waals surface area contributed by atoms with Gasteiger partial charge in [-0.1, -0.05) is 40.0 Å². The van der Waals surface area contributed by atoms with E-state index in [1.54, 1.807) is 6.92 Å². The Morgan fingerprint density at radius 2 is 1.02 bits per heavy atom. The lowest BCUT2D eigenvalue weighted by molar-refractivity contribution is 0.0921. The first-order valence-corrected chi connectivity index (χ1v) is 13.7. The molecule has 41 heavy (non-hydrogen) atoms. The molecule has 2 aromatic carbocycles. The van der Waals surface area contributed by atoms with E-state index in [0.717, 1.165) is 25.3 Å². The minimum absolute atomic E-state index is 0.0435. The van der Waals surface area contributed by atoms with Crippen LogP contribution >= 0.6 is 0 Å². The Balaban J connectivity index is 2.04. The largest absolute Gasteiger partial charge is 0.513 e. The van der Waals surface area contributed by atoms with Gasteiger partial charge in [-0.2, -0.15) is 0 Å². The molecule has 2 aromatic rings. The van der Waals surface area contributed by atoms with Crippen molar-refractivity contribution in [2.45, 2.75) is 66.2 Å². The monoisotopic (exact) mass is 570 g/mol. The van der Waals surface area contributed by atoms with Crippen molar-refractivity contribution in [3.8, 4) is 17.2 Å². The van der Waals surface area contributed by atoms with E-state index in [-0.39, 0.29) is 59.3 Å². The van der Waals surface area contributed by atoms with Gasteiger partial charge in [-0.25, -0.2) is 14.4 Å². The molecule has 0 fully saturated rings. The van der Waals surface area contributed by atoms with Gasteiger partial charge in [-0.05, 0) is 49.9 Å². The fourth-order valence-electron chi connectivity index (χ4n) is 3.92. The van der Waals surface area contributed by atoms with Crippen LogP contribution in [-0.2, 0) is 14.2 Å². The summed E-state index contributed by atoms with van der Waals surface area (Å²) in [6, 6.07) is 5.21. The number of rotatable bonds is 12. The molecule has 0 saturated carbocycles. The van der Waals surface area contributed by atoms with Gasteiger partial charge < -0.3 is 28.4 Å². The van der Waals surface area contributed by atoms with Crippen LogP contribution in [-0.4, -0.2) is 49.9 Å². The zero-order valence-corrected chi connectivity index (χ0v) is 23.7. The van der Waals surface area contributed by atoms with Gasteiger partial charge in [0.2, 0.25) is 5.78 Å². The van der Waals surface area contributed by atoms with Crippen LogP contribution < -0.4 is 14.2 Å². The summed E-state index contributed by atoms with van der Waals surface area (Å²) in [5.41, 5.74) is -0.169. The van der Waals surface area contributed by atoms with Crippen molar-refractivity contribution in [2.75, 3.05) is 19.8 Å². The van der Waals surface area contributed by atoms with Crippen molar-refractivity contribution in [3.63, 3.8) is 0 Å². The normalized spacial score (nSPS) is 11.7. The Kier molecular flexibility index (Phi) is 11.3. The molecule has 0 heterocycles. The smallest absolute Gasteiger partial charge is 0.434 e. The standard InChI is InChI=1S/C30H34O11/c1-5-8-11-36-28(33)39-19-16-21-25(23(17-19)41-30(35)38-13-10-7-3)27(32)24-20(26(21)31)14-18(4)15-22(24)40-29(34)37-12-9-6-2/h14-17H,5-13H2,1-4H3. The van der Waals surface area contributed by atoms with E-state index in [1.165, 1.54) is 18.2 Å². The maximum absolute atomic E-state index is 13.8. The number of hydrogen-bond acceptors (Lipinski definition) is 11. The second-order valence-electron chi connectivity index (χ2n) is 9.35. The number of benzene rings is 2. The highest BCUT2D eigenvalue weighted by molar-refractivity contribution is 6.30. The third-order valence-corrected chi connectivity index (χ3v) is 6.01. The van der Waals surface area contributed by atoms with Gasteiger partial charge in [0.05, 0.1) is 30.9 Å². The lowest BCUT2D eigenvalue weighted by Gasteiger charge is -2.23. The van der Waals surface area contributed by atoms with Crippen molar-refractivity contribution >= 4 is 30.0 Å². The third-order valence-electron chi connectivity index (χ3n) is 6.01. The average Bonchev–Trinajstić information content (AvgIpc) is 2.91. The van der Waals surface area contributed by atoms with Crippen molar-refractivity contribution in [2.24, 2.45) is 0 Å². The van der Waals surface area contributed by atoms with E-state index in [4.69, 9.17) is 28.4 Å². The molecular formula is C30H34O11. The number of ketones is 2. The van der Waals surface area contributed by atoms with Gasteiger partial charge >= 0.3 is 18.5 Å². The topological polar surface area (TPSA) is 141 Å². The molecule has 0 spiro atoms. The lowest BCUT2D eigenvalue weighted by Crippen LogP contribution is -2.25. The molecule has 0 amide bonds. The molecule has 0 atom stereocenters. The summed E-state index contributed by atoms with van der Waals surface area (Å²) in [5, 5.41) is 0. The van der Waals surface area contributed by atoms with Gasteiger partial charge in [0.15, 0.2) is 5.78 Å². The predicted molar refractivity (Wildman–Crippen MR) is 145 cm³/mol. The summed E-state index contributed by atoms with van der Waals surface area (Å²) in [5.74, 6) is -2.13. The number of ether oxygens (including phenoxy) is 6. The Bertz CT molecular complexity index is 1310. The summed E-state index contributed by atoms with van der Waals surface area (Å²) in [6.45, 7) is 7.75. The fourth-order valence-corrected chi connectivity index (χ4v) is 3.92. The van der Waals surface area contributed by atoms with Gasteiger partial charge in [0.25, 0.3) is 0 Å². The predicted octanol–water partition coefficient (Wildman–Crippen LogP) is 6.72. The van der Waals surface area contributed by atoms with Crippen molar-refractivity contribution in [1.82, 2.24) is 0 Å². The van der Waals surface area contributed by atoms with Crippen molar-refractivity contribution in [1.29, 1.82) is 0 Å². The molecule has 0 bridgehead atoms. The molecule has 1 aliphatic rings. The van der Waals surface area contributed by atoms with Gasteiger partial charge in [-0.3, -0.25) is 9.59 Å². The molecule has 1 aliphatic carbocycles. The molecule has 220 valence electrons. The molecule has 3 rings (SSSR count). The quantitative estimate of drug-likeness (QED) is 0.0991. The number of aryl methyl sites for hydroxylation is 1. The molecule has 0 radical (unpaired) electrons. The minimum atomic E-state index is -1.12. The van der Waals surface area contributed by atoms with Crippen LogP contribution in [0.2, 0.25) is 0 Å². The molecule has 0 aromatic heterocycles. The van der Waals surface area contributed by atoms with E-state index in [9.17, 15) is 24.0 Å². The van der Waals surface area contributed by atoms with Crippen LogP contribution in [0, 0.1) is 6.92 Å². The molecule has 0 unspecified atom stereocenters. The lowest BCUT2D eigenvalue weighted by atomic mass is 9.82. The van der Waals surface area contributed by atoms with Crippen LogP contribution in [0.3, 0.4) is 0 Å². The average molecular weight is 571 g/mol.